The predicted octanol–water partition coefficient (Wildman–Crippen LogP) is 2.96. The number of aryl methyl sites for hydroxylation is 1. The topological polar surface area (TPSA) is 140 Å². The molecular formula is C22H21N9O2S. The van der Waals surface area contributed by atoms with Gasteiger partial charge in [-0.3, -0.25) is 5.32 Å². The lowest BCUT2D eigenvalue weighted by atomic mass is 10.1. The summed E-state index contributed by atoms with van der Waals surface area (Å²) in [4.78, 5) is 38.8. The van der Waals surface area contributed by atoms with Crippen molar-refractivity contribution in [3.05, 3.63) is 59.5 Å². The molecule has 34 heavy (non-hydrogen) atoms. The third-order valence-corrected chi connectivity index (χ3v) is 5.82. The van der Waals surface area contributed by atoms with Gasteiger partial charge in [-0.05, 0) is 31.2 Å². The minimum Gasteiger partial charge on any atom is -0.461 e. The second kappa shape index (κ2) is 9.85. The lowest BCUT2D eigenvalue weighted by Gasteiger charge is -2.26. The standard InChI is InChI=1S/C22H21N9O2S/c1-13-3-2-4-15(27-13)19-24-7-5-17(29-19)28-18-6-8-25-21(30-18)31-22-26-11-16(34-22)20(32)33-12-14-9-23-10-14/h2-8,11,14,23H,9-10,12H2,1H3,(H2,24,25,26,28,29,30,31). The SMILES string of the molecule is Cc1cccc(-c2nccc(Nc3ccnc(Nc4ncc(C(=O)OCC5CNC5)s4)n3)n2)n1. The fourth-order valence-corrected chi connectivity index (χ4v) is 3.80. The normalized spacial score (nSPS) is 13.2. The number of anilines is 4. The largest absolute Gasteiger partial charge is 0.461 e. The fraction of sp³-hybridized carbons (Fsp3) is 0.227. The molecule has 0 radical (unpaired) electrons. The number of hydrogen-bond donors (Lipinski definition) is 3. The summed E-state index contributed by atoms with van der Waals surface area (Å²) in [5, 5.41) is 9.81. The van der Waals surface area contributed by atoms with Gasteiger partial charge < -0.3 is 15.4 Å². The van der Waals surface area contributed by atoms with E-state index in [-0.39, 0.29) is 5.97 Å². The smallest absolute Gasteiger partial charge is 0.350 e. The number of rotatable bonds is 8. The van der Waals surface area contributed by atoms with Gasteiger partial charge in [0.2, 0.25) is 5.95 Å². The summed E-state index contributed by atoms with van der Waals surface area (Å²) in [6, 6.07) is 9.16. The summed E-state index contributed by atoms with van der Waals surface area (Å²) >= 11 is 1.18. The summed E-state index contributed by atoms with van der Waals surface area (Å²) in [5.41, 5.74) is 1.58. The van der Waals surface area contributed by atoms with Crippen LogP contribution >= 0.6 is 11.3 Å². The number of aromatic nitrogens is 6. The van der Waals surface area contributed by atoms with Crippen LogP contribution in [0.15, 0.2) is 48.9 Å². The van der Waals surface area contributed by atoms with E-state index in [9.17, 15) is 4.79 Å². The minimum atomic E-state index is -0.378. The fourth-order valence-electron chi connectivity index (χ4n) is 3.09. The monoisotopic (exact) mass is 475 g/mol. The van der Waals surface area contributed by atoms with Gasteiger partial charge in [-0.15, -0.1) is 0 Å². The number of carbonyl (C=O) groups excluding carboxylic acids is 1. The van der Waals surface area contributed by atoms with Crippen molar-refractivity contribution in [3.63, 3.8) is 0 Å². The average Bonchev–Trinajstić information content (AvgIpc) is 3.27. The highest BCUT2D eigenvalue weighted by atomic mass is 32.1. The lowest BCUT2D eigenvalue weighted by molar-refractivity contribution is 0.0403. The number of pyridine rings is 1. The van der Waals surface area contributed by atoms with Crippen LogP contribution in [0.2, 0.25) is 0 Å². The summed E-state index contributed by atoms with van der Waals surface area (Å²) in [6.45, 7) is 4.09. The molecule has 12 heteroatoms. The van der Waals surface area contributed by atoms with Crippen molar-refractivity contribution in [2.45, 2.75) is 6.92 Å². The van der Waals surface area contributed by atoms with Crippen LogP contribution < -0.4 is 16.0 Å². The molecule has 1 aliphatic heterocycles. The van der Waals surface area contributed by atoms with Crippen molar-refractivity contribution >= 4 is 40.0 Å². The maximum atomic E-state index is 12.2. The van der Waals surface area contributed by atoms with Crippen molar-refractivity contribution in [1.29, 1.82) is 0 Å². The van der Waals surface area contributed by atoms with Gasteiger partial charge in [0.15, 0.2) is 11.0 Å². The second-order valence-corrected chi connectivity index (χ2v) is 8.63. The molecule has 0 atom stereocenters. The molecule has 0 aliphatic carbocycles. The van der Waals surface area contributed by atoms with E-state index in [0.717, 1.165) is 18.8 Å². The molecule has 5 heterocycles. The average molecular weight is 476 g/mol. The minimum absolute atomic E-state index is 0.328. The Morgan fingerprint density at radius 1 is 1.06 bits per heavy atom. The molecule has 0 amide bonds. The Labute approximate surface area is 199 Å². The zero-order valence-electron chi connectivity index (χ0n) is 18.2. The summed E-state index contributed by atoms with van der Waals surface area (Å²) in [7, 11) is 0. The van der Waals surface area contributed by atoms with E-state index in [4.69, 9.17) is 4.74 Å². The summed E-state index contributed by atoms with van der Waals surface area (Å²) in [5.74, 6) is 1.95. The number of ether oxygens (including phenoxy) is 1. The molecule has 1 aliphatic rings. The van der Waals surface area contributed by atoms with Crippen LogP contribution in [0, 0.1) is 12.8 Å². The Hall–Kier alpha value is -4.03. The number of esters is 1. The highest BCUT2D eigenvalue weighted by Crippen LogP contribution is 2.23. The van der Waals surface area contributed by atoms with E-state index < -0.39 is 0 Å². The molecule has 1 fully saturated rings. The van der Waals surface area contributed by atoms with Gasteiger partial charge in [-0.25, -0.2) is 29.7 Å². The highest BCUT2D eigenvalue weighted by Gasteiger charge is 2.20. The predicted molar refractivity (Wildman–Crippen MR) is 127 cm³/mol. The summed E-state index contributed by atoms with van der Waals surface area (Å²) < 4.78 is 5.34. The molecule has 0 saturated carbocycles. The molecule has 11 nitrogen and oxygen atoms in total. The molecule has 4 aromatic heterocycles. The third kappa shape index (κ3) is 5.30. The number of thiazole rings is 1. The quantitative estimate of drug-likeness (QED) is 0.324. The van der Waals surface area contributed by atoms with Crippen LogP contribution in [0.5, 0.6) is 0 Å². The highest BCUT2D eigenvalue weighted by molar-refractivity contribution is 7.17. The number of hydrogen-bond acceptors (Lipinski definition) is 12. The second-order valence-electron chi connectivity index (χ2n) is 7.60. The van der Waals surface area contributed by atoms with Crippen LogP contribution in [-0.2, 0) is 4.74 Å². The molecule has 5 rings (SSSR count). The first-order valence-corrected chi connectivity index (χ1v) is 11.4. The maximum absolute atomic E-state index is 12.2. The Bertz CT molecular complexity index is 1310. The van der Waals surface area contributed by atoms with Crippen molar-refractivity contribution < 1.29 is 9.53 Å². The molecule has 1 saturated heterocycles. The van der Waals surface area contributed by atoms with E-state index in [1.807, 2.05) is 25.1 Å². The van der Waals surface area contributed by atoms with Crippen LogP contribution in [0.1, 0.15) is 15.4 Å². The molecule has 0 spiro atoms. The van der Waals surface area contributed by atoms with Gasteiger partial charge >= 0.3 is 5.97 Å². The zero-order valence-corrected chi connectivity index (χ0v) is 19.0. The van der Waals surface area contributed by atoms with Crippen LogP contribution in [0.4, 0.5) is 22.7 Å². The summed E-state index contributed by atoms with van der Waals surface area (Å²) in [6.07, 6.45) is 4.75. The van der Waals surface area contributed by atoms with Crippen molar-refractivity contribution in [1.82, 2.24) is 35.2 Å². The molecule has 172 valence electrons. The molecule has 0 bridgehead atoms. The van der Waals surface area contributed by atoms with E-state index in [2.05, 4.69) is 45.9 Å². The Morgan fingerprint density at radius 3 is 2.68 bits per heavy atom. The molecule has 3 N–H and O–H groups in total. The maximum Gasteiger partial charge on any atom is 0.350 e. The van der Waals surface area contributed by atoms with Crippen molar-refractivity contribution in [2.75, 3.05) is 30.3 Å². The van der Waals surface area contributed by atoms with Crippen molar-refractivity contribution in [3.8, 4) is 11.5 Å². The Kier molecular flexibility index (Phi) is 6.31. The Morgan fingerprint density at radius 2 is 1.88 bits per heavy atom. The number of carbonyl (C=O) groups is 1. The van der Waals surface area contributed by atoms with Gasteiger partial charge in [0.05, 0.1) is 12.8 Å². The van der Waals surface area contributed by atoms with Gasteiger partial charge in [-0.1, -0.05) is 17.4 Å². The van der Waals surface area contributed by atoms with E-state index in [0.29, 0.717) is 51.6 Å². The molecule has 0 unspecified atom stereocenters. The van der Waals surface area contributed by atoms with Crippen LogP contribution in [-0.4, -0.2) is 55.6 Å². The zero-order chi connectivity index (χ0) is 23.3. The van der Waals surface area contributed by atoms with Gasteiger partial charge in [0.1, 0.15) is 22.2 Å². The first kappa shape index (κ1) is 21.8. The van der Waals surface area contributed by atoms with E-state index >= 15 is 0 Å². The van der Waals surface area contributed by atoms with E-state index in [1.54, 1.807) is 24.5 Å². The Balaban J connectivity index is 1.23. The van der Waals surface area contributed by atoms with Gasteiger partial charge in [0.25, 0.3) is 0 Å². The number of nitrogens with one attached hydrogen (secondary N) is 3. The van der Waals surface area contributed by atoms with Gasteiger partial charge in [-0.2, -0.15) is 4.98 Å². The number of nitrogens with zero attached hydrogens (tertiary/aromatic N) is 6. The first-order valence-electron chi connectivity index (χ1n) is 10.6. The van der Waals surface area contributed by atoms with Crippen LogP contribution in [0.3, 0.4) is 0 Å². The van der Waals surface area contributed by atoms with Gasteiger partial charge in [0, 0.05) is 37.1 Å². The van der Waals surface area contributed by atoms with E-state index in [1.165, 1.54) is 17.5 Å². The molecule has 4 aromatic rings. The first-order chi connectivity index (χ1) is 16.6. The molecule has 0 aromatic carbocycles. The van der Waals surface area contributed by atoms with Crippen LogP contribution in [0.25, 0.3) is 11.5 Å². The third-order valence-electron chi connectivity index (χ3n) is 4.93. The lowest BCUT2D eigenvalue weighted by Crippen LogP contribution is -2.44. The molecular weight excluding hydrogens is 454 g/mol. The van der Waals surface area contributed by atoms with Crippen molar-refractivity contribution in [2.24, 2.45) is 5.92 Å².